The van der Waals surface area contributed by atoms with E-state index in [1.807, 2.05) is 38.1 Å². The van der Waals surface area contributed by atoms with Crippen LogP contribution in [0, 0.1) is 13.8 Å². The van der Waals surface area contributed by atoms with E-state index in [1.165, 1.54) is 0 Å². The molecule has 3 rings (SSSR count). The third-order valence-corrected chi connectivity index (χ3v) is 5.00. The fourth-order valence-corrected chi connectivity index (χ4v) is 2.93. The maximum Gasteiger partial charge on any atom is 0.251 e. The predicted octanol–water partition coefficient (Wildman–Crippen LogP) is 2.97. The maximum atomic E-state index is 12.3. The first kappa shape index (κ1) is 20.5. The first-order valence-corrected chi connectivity index (χ1v) is 9.59. The summed E-state index contributed by atoms with van der Waals surface area (Å²) in [5, 5.41) is 10.6. The second-order valence-electron chi connectivity index (χ2n) is 6.58. The molecular weight excluding hydrogens is 390 g/mol. The van der Waals surface area contributed by atoms with Gasteiger partial charge >= 0.3 is 0 Å². The van der Waals surface area contributed by atoms with Gasteiger partial charge in [-0.25, -0.2) is 4.68 Å². The van der Waals surface area contributed by atoms with Gasteiger partial charge in [-0.1, -0.05) is 11.6 Å². The van der Waals surface area contributed by atoms with E-state index in [1.54, 1.807) is 29.2 Å². The van der Waals surface area contributed by atoms with Crippen LogP contribution in [0.2, 0.25) is 5.02 Å². The smallest absolute Gasteiger partial charge is 0.251 e. The number of nitrogens with zero attached hydrogens (tertiary/aromatic N) is 3. The first-order valence-electron chi connectivity index (χ1n) is 9.21. The number of halogens is 1. The van der Waals surface area contributed by atoms with E-state index in [0.717, 1.165) is 22.6 Å². The Hall–Kier alpha value is -3.19. The van der Waals surface area contributed by atoms with Crippen LogP contribution in [0.1, 0.15) is 33.7 Å². The molecule has 0 unspecified atom stereocenters. The van der Waals surface area contributed by atoms with Crippen molar-refractivity contribution < 1.29 is 9.59 Å². The number of amides is 2. The Morgan fingerprint density at radius 2 is 1.72 bits per heavy atom. The van der Waals surface area contributed by atoms with Crippen LogP contribution in [0.25, 0.3) is 5.69 Å². The third-order valence-electron chi connectivity index (χ3n) is 4.45. The molecular formula is C21H22ClN5O2. The number of pyridine rings is 1. The minimum absolute atomic E-state index is 0.126. The fourth-order valence-electron chi connectivity index (χ4n) is 2.81. The SMILES string of the molecule is Cc1nn(-c2ccc(C(=O)NCCC(=O)NCc3ccncc3)cc2)c(C)c1Cl. The van der Waals surface area contributed by atoms with Crippen molar-refractivity contribution in [2.45, 2.75) is 26.8 Å². The molecule has 0 aliphatic carbocycles. The Morgan fingerprint density at radius 3 is 2.34 bits per heavy atom. The van der Waals surface area contributed by atoms with E-state index in [-0.39, 0.29) is 24.8 Å². The number of hydrogen-bond donors (Lipinski definition) is 2. The van der Waals surface area contributed by atoms with Gasteiger partial charge in [0.1, 0.15) is 0 Å². The van der Waals surface area contributed by atoms with Gasteiger partial charge in [-0.05, 0) is 55.8 Å². The zero-order valence-corrected chi connectivity index (χ0v) is 17.0. The lowest BCUT2D eigenvalue weighted by molar-refractivity contribution is -0.121. The zero-order chi connectivity index (χ0) is 20.8. The topological polar surface area (TPSA) is 88.9 Å². The van der Waals surface area contributed by atoms with Gasteiger partial charge in [-0.3, -0.25) is 14.6 Å². The standard InChI is InChI=1S/C21H22ClN5O2/c1-14-20(22)15(2)27(26-14)18-5-3-17(4-6-18)21(29)24-12-9-19(28)25-13-16-7-10-23-11-8-16/h3-8,10-11H,9,12-13H2,1-2H3,(H,24,29)(H,25,28). The molecule has 2 aromatic heterocycles. The Morgan fingerprint density at radius 1 is 1.03 bits per heavy atom. The van der Waals surface area contributed by atoms with Crippen molar-refractivity contribution in [1.82, 2.24) is 25.4 Å². The summed E-state index contributed by atoms with van der Waals surface area (Å²) >= 11 is 6.19. The number of aryl methyl sites for hydroxylation is 1. The summed E-state index contributed by atoms with van der Waals surface area (Å²) in [7, 11) is 0. The second kappa shape index (κ2) is 9.34. The van der Waals surface area contributed by atoms with Crippen LogP contribution >= 0.6 is 11.6 Å². The number of aromatic nitrogens is 3. The number of nitrogens with one attached hydrogen (secondary N) is 2. The molecule has 2 N–H and O–H groups in total. The highest BCUT2D eigenvalue weighted by molar-refractivity contribution is 6.31. The molecule has 7 nitrogen and oxygen atoms in total. The van der Waals surface area contributed by atoms with Crippen molar-refractivity contribution in [2.75, 3.05) is 6.54 Å². The molecule has 0 spiro atoms. The molecule has 3 aromatic rings. The van der Waals surface area contributed by atoms with E-state index in [2.05, 4.69) is 20.7 Å². The molecule has 0 aliphatic rings. The Labute approximate surface area is 174 Å². The summed E-state index contributed by atoms with van der Waals surface area (Å²) in [5.41, 5.74) is 3.91. The van der Waals surface area contributed by atoms with Crippen molar-refractivity contribution in [3.63, 3.8) is 0 Å². The molecule has 0 fully saturated rings. The van der Waals surface area contributed by atoms with Gasteiger partial charge in [-0.15, -0.1) is 0 Å². The van der Waals surface area contributed by atoms with Gasteiger partial charge in [0, 0.05) is 37.5 Å². The molecule has 1 aromatic carbocycles. The van der Waals surface area contributed by atoms with Gasteiger partial charge < -0.3 is 10.6 Å². The Bertz CT molecular complexity index is 1000. The molecule has 150 valence electrons. The minimum atomic E-state index is -0.232. The van der Waals surface area contributed by atoms with Crippen molar-refractivity contribution in [3.05, 3.63) is 76.3 Å². The lowest BCUT2D eigenvalue weighted by atomic mass is 10.2. The Balaban J connectivity index is 1.48. The van der Waals surface area contributed by atoms with Gasteiger partial charge in [0.25, 0.3) is 5.91 Å². The molecule has 0 saturated heterocycles. The molecule has 0 aliphatic heterocycles. The van der Waals surface area contributed by atoms with Gasteiger partial charge in [0.2, 0.25) is 5.91 Å². The molecule has 2 heterocycles. The number of carbonyl (C=O) groups is 2. The van der Waals surface area contributed by atoms with Crippen LogP contribution in [0.15, 0.2) is 48.8 Å². The quantitative estimate of drug-likeness (QED) is 0.625. The van der Waals surface area contributed by atoms with E-state index in [0.29, 0.717) is 17.1 Å². The van der Waals surface area contributed by atoms with Crippen LogP contribution in [0.4, 0.5) is 0 Å². The van der Waals surface area contributed by atoms with Crippen LogP contribution < -0.4 is 10.6 Å². The van der Waals surface area contributed by atoms with Gasteiger partial charge in [0.05, 0.1) is 22.1 Å². The molecule has 0 saturated carbocycles. The largest absolute Gasteiger partial charge is 0.352 e. The number of carbonyl (C=O) groups excluding carboxylic acids is 2. The molecule has 0 radical (unpaired) electrons. The zero-order valence-electron chi connectivity index (χ0n) is 16.3. The highest BCUT2D eigenvalue weighted by atomic mass is 35.5. The maximum absolute atomic E-state index is 12.3. The molecule has 2 amide bonds. The number of rotatable bonds is 7. The van der Waals surface area contributed by atoms with Gasteiger partial charge in [-0.2, -0.15) is 5.10 Å². The monoisotopic (exact) mass is 411 g/mol. The predicted molar refractivity (Wildman–Crippen MR) is 111 cm³/mol. The van der Waals surface area contributed by atoms with E-state index < -0.39 is 0 Å². The first-order chi connectivity index (χ1) is 14.0. The molecule has 0 bridgehead atoms. The number of benzene rings is 1. The summed E-state index contributed by atoms with van der Waals surface area (Å²) in [5.74, 6) is -0.358. The molecule has 29 heavy (non-hydrogen) atoms. The van der Waals surface area contributed by atoms with Crippen LogP contribution in [-0.4, -0.2) is 33.1 Å². The third kappa shape index (κ3) is 5.20. The van der Waals surface area contributed by atoms with Crippen molar-refractivity contribution in [3.8, 4) is 5.69 Å². The highest BCUT2D eigenvalue weighted by Gasteiger charge is 2.12. The average molecular weight is 412 g/mol. The van der Waals surface area contributed by atoms with Crippen molar-refractivity contribution in [1.29, 1.82) is 0 Å². The summed E-state index contributed by atoms with van der Waals surface area (Å²) in [6, 6.07) is 10.7. The lowest BCUT2D eigenvalue weighted by Crippen LogP contribution is -2.30. The van der Waals surface area contributed by atoms with Crippen LogP contribution in [0.5, 0.6) is 0 Å². The minimum Gasteiger partial charge on any atom is -0.352 e. The molecule has 8 heteroatoms. The number of hydrogen-bond acceptors (Lipinski definition) is 4. The van der Waals surface area contributed by atoms with Crippen molar-refractivity contribution in [2.24, 2.45) is 0 Å². The summed E-state index contributed by atoms with van der Waals surface area (Å²) in [6.07, 6.45) is 3.56. The molecule has 0 atom stereocenters. The summed E-state index contributed by atoms with van der Waals surface area (Å²) in [4.78, 5) is 28.1. The fraction of sp³-hybridized carbons (Fsp3) is 0.238. The lowest BCUT2D eigenvalue weighted by Gasteiger charge is -2.08. The average Bonchev–Trinajstić information content (AvgIpc) is 3.00. The van der Waals surface area contributed by atoms with E-state index >= 15 is 0 Å². The summed E-state index contributed by atoms with van der Waals surface area (Å²) in [6.45, 7) is 4.44. The van der Waals surface area contributed by atoms with Crippen molar-refractivity contribution >= 4 is 23.4 Å². The summed E-state index contributed by atoms with van der Waals surface area (Å²) < 4.78 is 1.74. The van der Waals surface area contributed by atoms with E-state index in [9.17, 15) is 9.59 Å². The Kier molecular flexibility index (Phi) is 6.61. The normalized spacial score (nSPS) is 10.6. The second-order valence-corrected chi connectivity index (χ2v) is 6.96. The van der Waals surface area contributed by atoms with E-state index in [4.69, 9.17) is 11.6 Å². The van der Waals surface area contributed by atoms with Crippen LogP contribution in [-0.2, 0) is 11.3 Å². The highest BCUT2D eigenvalue weighted by Crippen LogP contribution is 2.22. The van der Waals surface area contributed by atoms with Gasteiger partial charge in [0.15, 0.2) is 0 Å². The van der Waals surface area contributed by atoms with Crippen LogP contribution in [0.3, 0.4) is 0 Å².